The third kappa shape index (κ3) is 3.71. The van der Waals surface area contributed by atoms with E-state index >= 15 is 0 Å². The van der Waals surface area contributed by atoms with E-state index in [0.717, 1.165) is 24.6 Å². The van der Waals surface area contributed by atoms with E-state index in [2.05, 4.69) is 36.3 Å². The second kappa shape index (κ2) is 7.21. The van der Waals surface area contributed by atoms with E-state index < -0.39 is 0 Å². The number of carbonyl (C=O) groups excluding carboxylic acids is 1. The van der Waals surface area contributed by atoms with E-state index in [9.17, 15) is 4.79 Å². The number of hydrogen-bond donors (Lipinski definition) is 0. The predicted molar refractivity (Wildman–Crippen MR) is 95.2 cm³/mol. The van der Waals surface area contributed by atoms with Crippen LogP contribution < -0.4 is 0 Å². The fourth-order valence-electron chi connectivity index (χ4n) is 4.68. The number of likely N-dealkylation sites (tertiary alicyclic amines) is 1. The first-order valence-electron chi connectivity index (χ1n) is 9.50. The van der Waals surface area contributed by atoms with Gasteiger partial charge in [-0.05, 0) is 58.1 Å². The third-order valence-corrected chi connectivity index (χ3v) is 5.83. The molecule has 0 amide bonds. The highest BCUT2D eigenvalue weighted by Crippen LogP contribution is 2.32. The Bertz CT molecular complexity index is 554. The molecular weight excluding hydrogens is 284 g/mol. The van der Waals surface area contributed by atoms with E-state index in [1.807, 2.05) is 0 Å². The van der Waals surface area contributed by atoms with Gasteiger partial charge in [-0.3, -0.25) is 9.69 Å². The van der Waals surface area contributed by atoms with Gasteiger partial charge in [0.2, 0.25) is 0 Å². The largest absolute Gasteiger partial charge is 0.345 e. The van der Waals surface area contributed by atoms with Crippen LogP contribution in [0.2, 0.25) is 0 Å². The van der Waals surface area contributed by atoms with E-state index in [-0.39, 0.29) is 0 Å². The summed E-state index contributed by atoms with van der Waals surface area (Å²) >= 11 is 0. The highest BCUT2D eigenvalue weighted by Gasteiger charge is 2.24. The number of nitrogens with zero attached hydrogens (tertiary/aromatic N) is 2. The molecule has 23 heavy (non-hydrogen) atoms. The Morgan fingerprint density at radius 3 is 2.57 bits per heavy atom. The van der Waals surface area contributed by atoms with E-state index in [1.54, 1.807) is 0 Å². The van der Waals surface area contributed by atoms with Crippen LogP contribution in [-0.2, 0) is 0 Å². The zero-order chi connectivity index (χ0) is 16.4. The Kier molecular flexibility index (Phi) is 5.25. The molecule has 0 aromatic carbocycles. The maximum absolute atomic E-state index is 12.8. The van der Waals surface area contributed by atoms with Crippen molar-refractivity contribution < 1.29 is 4.79 Å². The Morgan fingerprint density at radius 2 is 1.87 bits per heavy atom. The standard InChI is InChI=1S/C20H32N2O/c1-15-8-7-11-21(13-15)14-20(23)19-12-16(2)22(17(19)3)18-9-5-4-6-10-18/h12,15,18H,4-11,13-14H2,1-3H3. The molecule has 1 aliphatic carbocycles. The van der Waals surface area contributed by atoms with Crippen LogP contribution in [0.15, 0.2) is 6.07 Å². The molecule has 1 unspecified atom stereocenters. The van der Waals surface area contributed by atoms with Gasteiger partial charge in [-0.1, -0.05) is 26.2 Å². The maximum Gasteiger partial charge on any atom is 0.178 e. The molecule has 1 saturated carbocycles. The molecule has 1 aromatic heterocycles. The summed E-state index contributed by atoms with van der Waals surface area (Å²) in [6.07, 6.45) is 9.11. The third-order valence-electron chi connectivity index (χ3n) is 5.83. The topological polar surface area (TPSA) is 25.2 Å². The second-order valence-electron chi connectivity index (χ2n) is 7.85. The van der Waals surface area contributed by atoms with Crippen LogP contribution in [-0.4, -0.2) is 34.9 Å². The van der Waals surface area contributed by atoms with Gasteiger partial charge in [0.15, 0.2) is 5.78 Å². The Hall–Kier alpha value is -1.09. The molecule has 1 atom stereocenters. The van der Waals surface area contributed by atoms with Crippen LogP contribution in [0.25, 0.3) is 0 Å². The molecule has 0 radical (unpaired) electrons. The first kappa shape index (κ1) is 16.8. The Balaban J connectivity index is 1.73. The lowest BCUT2D eigenvalue weighted by Gasteiger charge is -2.30. The zero-order valence-corrected chi connectivity index (χ0v) is 15.1. The number of Topliss-reactive ketones (excluding diaryl/α,β-unsaturated/α-hetero) is 1. The van der Waals surface area contributed by atoms with Crippen LogP contribution in [0.5, 0.6) is 0 Å². The summed E-state index contributed by atoms with van der Waals surface area (Å²) < 4.78 is 2.45. The number of hydrogen-bond acceptors (Lipinski definition) is 2. The summed E-state index contributed by atoms with van der Waals surface area (Å²) in [7, 11) is 0. The first-order valence-corrected chi connectivity index (χ1v) is 9.50. The van der Waals surface area contributed by atoms with Crippen molar-refractivity contribution in [2.24, 2.45) is 5.92 Å². The molecule has 3 nitrogen and oxygen atoms in total. The Labute approximate surface area is 141 Å². The lowest BCUT2D eigenvalue weighted by molar-refractivity contribution is 0.0892. The van der Waals surface area contributed by atoms with Crippen molar-refractivity contribution in [1.82, 2.24) is 9.47 Å². The number of piperidine rings is 1. The SMILES string of the molecule is Cc1cc(C(=O)CN2CCCC(C)C2)c(C)n1C1CCCCC1. The van der Waals surface area contributed by atoms with Crippen molar-refractivity contribution in [3.05, 3.63) is 23.0 Å². The predicted octanol–water partition coefficient (Wildman–Crippen LogP) is 4.52. The Morgan fingerprint density at radius 1 is 1.13 bits per heavy atom. The lowest BCUT2D eigenvalue weighted by atomic mass is 9.95. The molecule has 128 valence electrons. The van der Waals surface area contributed by atoms with Crippen LogP contribution in [0.3, 0.4) is 0 Å². The minimum Gasteiger partial charge on any atom is -0.345 e. The highest BCUT2D eigenvalue weighted by molar-refractivity contribution is 5.99. The molecule has 2 heterocycles. The molecular formula is C20H32N2O. The summed E-state index contributed by atoms with van der Waals surface area (Å²) in [6.45, 7) is 9.37. The van der Waals surface area contributed by atoms with Gasteiger partial charge in [-0.25, -0.2) is 0 Å². The molecule has 3 heteroatoms. The average Bonchev–Trinajstić information content (AvgIpc) is 2.83. The van der Waals surface area contributed by atoms with Crippen molar-refractivity contribution in [2.75, 3.05) is 19.6 Å². The van der Waals surface area contributed by atoms with Gasteiger partial charge in [0, 0.05) is 29.5 Å². The second-order valence-corrected chi connectivity index (χ2v) is 7.85. The fourth-order valence-corrected chi connectivity index (χ4v) is 4.68. The van der Waals surface area contributed by atoms with Gasteiger partial charge >= 0.3 is 0 Å². The number of aromatic nitrogens is 1. The molecule has 0 bridgehead atoms. The number of ketones is 1. The maximum atomic E-state index is 12.8. The smallest absolute Gasteiger partial charge is 0.178 e. The average molecular weight is 316 g/mol. The molecule has 0 spiro atoms. The van der Waals surface area contributed by atoms with Gasteiger partial charge in [0.05, 0.1) is 6.54 Å². The van der Waals surface area contributed by atoms with E-state index in [0.29, 0.717) is 18.4 Å². The van der Waals surface area contributed by atoms with Gasteiger partial charge in [-0.15, -0.1) is 0 Å². The van der Waals surface area contributed by atoms with Gasteiger partial charge in [0.25, 0.3) is 0 Å². The van der Waals surface area contributed by atoms with Crippen LogP contribution in [0.4, 0.5) is 0 Å². The van der Waals surface area contributed by atoms with Crippen LogP contribution in [0, 0.1) is 19.8 Å². The van der Waals surface area contributed by atoms with Crippen molar-refractivity contribution in [2.45, 2.75) is 71.8 Å². The fraction of sp³-hybridized carbons (Fsp3) is 0.750. The normalized spacial score (nSPS) is 24.0. The monoisotopic (exact) mass is 316 g/mol. The van der Waals surface area contributed by atoms with E-state index in [4.69, 9.17) is 0 Å². The number of rotatable bonds is 4. The van der Waals surface area contributed by atoms with Gasteiger partial charge < -0.3 is 4.57 Å². The van der Waals surface area contributed by atoms with E-state index in [1.165, 1.54) is 56.3 Å². The summed E-state index contributed by atoms with van der Waals surface area (Å²) in [5, 5.41) is 0. The summed E-state index contributed by atoms with van der Waals surface area (Å²) in [4.78, 5) is 15.2. The summed E-state index contributed by atoms with van der Waals surface area (Å²) in [6, 6.07) is 2.75. The number of carbonyl (C=O) groups is 1. The molecule has 3 rings (SSSR count). The molecule has 2 aliphatic rings. The van der Waals surface area contributed by atoms with Crippen molar-refractivity contribution in [3.8, 4) is 0 Å². The summed E-state index contributed by atoms with van der Waals surface area (Å²) in [5.41, 5.74) is 3.43. The summed E-state index contributed by atoms with van der Waals surface area (Å²) in [5.74, 6) is 1.04. The van der Waals surface area contributed by atoms with Gasteiger partial charge in [-0.2, -0.15) is 0 Å². The lowest BCUT2D eigenvalue weighted by Crippen LogP contribution is -2.38. The van der Waals surface area contributed by atoms with Crippen LogP contribution >= 0.6 is 0 Å². The molecule has 2 fully saturated rings. The minimum atomic E-state index is 0.314. The molecule has 1 aliphatic heterocycles. The van der Waals surface area contributed by atoms with Crippen LogP contribution in [0.1, 0.15) is 79.7 Å². The zero-order valence-electron chi connectivity index (χ0n) is 15.1. The minimum absolute atomic E-state index is 0.314. The quantitative estimate of drug-likeness (QED) is 0.763. The van der Waals surface area contributed by atoms with Gasteiger partial charge in [0.1, 0.15) is 0 Å². The van der Waals surface area contributed by atoms with Crippen molar-refractivity contribution in [3.63, 3.8) is 0 Å². The molecule has 1 aromatic rings. The molecule has 0 N–H and O–H groups in total. The highest BCUT2D eigenvalue weighted by atomic mass is 16.1. The number of aryl methyl sites for hydroxylation is 1. The molecule has 1 saturated heterocycles. The van der Waals surface area contributed by atoms with Crippen molar-refractivity contribution >= 4 is 5.78 Å². The van der Waals surface area contributed by atoms with Crippen molar-refractivity contribution in [1.29, 1.82) is 0 Å². The first-order chi connectivity index (χ1) is 11.1.